The second kappa shape index (κ2) is 7.96. The van der Waals surface area contributed by atoms with E-state index in [4.69, 9.17) is 9.47 Å². The highest BCUT2D eigenvalue weighted by atomic mass is 16.5. The smallest absolute Gasteiger partial charge is 0.261 e. The number of imide groups is 1. The summed E-state index contributed by atoms with van der Waals surface area (Å²) in [7, 11) is 3.84. The van der Waals surface area contributed by atoms with Crippen LogP contribution in [0.2, 0.25) is 0 Å². The molecule has 1 aliphatic heterocycles. The van der Waals surface area contributed by atoms with Gasteiger partial charge in [0, 0.05) is 29.8 Å². The Kier molecular flexibility index (Phi) is 5.65. The molecule has 0 bridgehead atoms. The Morgan fingerprint density at radius 3 is 2.41 bits per heavy atom. The van der Waals surface area contributed by atoms with Crippen molar-refractivity contribution in [3.63, 3.8) is 0 Å². The molecule has 27 heavy (non-hydrogen) atoms. The molecule has 0 N–H and O–H groups in total. The molecule has 3 rings (SSSR count). The zero-order chi connectivity index (χ0) is 19.6. The molecule has 0 unspecified atom stereocenters. The minimum absolute atomic E-state index is 0.254. The first kappa shape index (κ1) is 19.2. The van der Waals surface area contributed by atoms with E-state index in [1.165, 1.54) is 4.90 Å². The van der Waals surface area contributed by atoms with Crippen LogP contribution in [-0.4, -0.2) is 62.0 Å². The van der Waals surface area contributed by atoms with Crippen LogP contribution in [0, 0.1) is 0 Å². The molecule has 0 saturated heterocycles. The average Bonchev–Trinajstić information content (AvgIpc) is 2.82. The maximum Gasteiger partial charge on any atom is 0.261 e. The van der Waals surface area contributed by atoms with Gasteiger partial charge in [0.2, 0.25) is 0 Å². The summed E-state index contributed by atoms with van der Waals surface area (Å²) < 4.78 is 11.6. The molecule has 6 nitrogen and oxygen atoms in total. The van der Waals surface area contributed by atoms with Gasteiger partial charge in [-0.05, 0) is 52.6 Å². The van der Waals surface area contributed by atoms with Crippen molar-refractivity contribution in [2.45, 2.75) is 20.3 Å². The number of rotatable bonds is 7. The first-order valence-electron chi connectivity index (χ1n) is 9.34. The molecule has 6 heteroatoms. The maximum atomic E-state index is 13.1. The van der Waals surface area contributed by atoms with Crippen LogP contribution >= 0.6 is 0 Å². The van der Waals surface area contributed by atoms with Crippen LogP contribution in [0.25, 0.3) is 11.3 Å². The monoisotopic (exact) mass is 370 g/mol. The van der Waals surface area contributed by atoms with Crippen molar-refractivity contribution in [3.8, 4) is 5.75 Å². The third-order valence-corrected chi connectivity index (χ3v) is 4.63. The lowest BCUT2D eigenvalue weighted by atomic mass is 9.88. The third kappa shape index (κ3) is 3.49. The SMILES string of the molecule is CCOC1=CCC=C2C(=O)N(CCN(C)C)C(=O)c3ccc(OCC)c1c32. The summed E-state index contributed by atoms with van der Waals surface area (Å²) in [6.07, 6.45) is 4.38. The zero-order valence-electron chi connectivity index (χ0n) is 16.4. The van der Waals surface area contributed by atoms with E-state index in [9.17, 15) is 9.59 Å². The molecule has 2 aliphatic rings. The van der Waals surface area contributed by atoms with Gasteiger partial charge in [-0.25, -0.2) is 0 Å². The van der Waals surface area contributed by atoms with Gasteiger partial charge in [-0.1, -0.05) is 6.08 Å². The minimum atomic E-state index is -0.268. The summed E-state index contributed by atoms with van der Waals surface area (Å²) in [5, 5.41) is 0. The molecule has 0 fully saturated rings. The molecule has 0 atom stereocenters. The molecule has 1 heterocycles. The van der Waals surface area contributed by atoms with Crippen LogP contribution in [0.4, 0.5) is 0 Å². The molecule has 144 valence electrons. The van der Waals surface area contributed by atoms with E-state index in [0.29, 0.717) is 66.5 Å². The zero-order valence-corrected chi connectivity index (χ0v) is 16.4. The summed E-state index contributed by atoms with van der Waals surface area (Å²) in [6.45, 7) is 5.77. The number of nitrogens with zero attached hydrogens (tertiary/aromatic N) is 2. The van der Waals surface area contributed by atoms with Crippen LogP contribution in [0.15, 0.2) is 24.3 Å². The van der Waals surface area contributed by atoms with E-state index < -0.39 is 0 Å². The fourth-order valence-corrected chi connectivity index (χ4v) is 3.42. The van der Waals surface area contributed by atoms with Crippen molar-refractivity contribution in [1.29, 1.82) is 0 Å². The number of ether oxygens (including phenoxy) is 2. The van der Waals surface area contributed by atoms with Crippen LogP contribution < -0.4 is 4.74 Å². The lowest BCUT2D eigenvalue weighted by Gasteiger charge is -2.31. The van der Waals surface area contributed by atoms with Gasteiger partial charge in [0.05, 0.1) is 18.8 Å². The van der Waals surface area contributed by atoms with Gasteiger partial charge in [0.25, 0.3) is 11.8 Å². The summed E-state index contributed by atoms with van der Waals surface area (Å²) in [5.41, 5.74) is 2.40. The van der Waals surface area contributed by atoms with Gasteiger partial charge < -0.3 is 14.4 Å². The fourth-order valence-electron chi connectivity index (χ4n) is 3.42. The third-order valence-electron chi connectivity index (χ3n) is 4.63. The Hall–Kier alpha value is -2.60. The topological polar surface area (TPSA) is 59.1 Å². The van der Waals surface area contributed by atoms with Crippen LogP contribution in [0.1, 0.15) is 41.8 Å². The quantitative estimate of drug-likeness (QED) is 0.691. The number of carbonyl (C=O) groups is 2. The lowest BCUT2D eigenvalue weighted by Crippen LogP contribution is -2.45. The molecule has 0 aromatic heterocycles. The Bertz CT molecular complexity index is 824. The molecule has 0 spiro atoms. The molecule has 2 amide bonds. The Morgan fingerprint density at radius 1 is 1.00 bits per heavy atom. The van der Waals surface area contributed by atoms with E-state index >= 15 is 0 Å². The van der Waals surface area contributed by atoms with E-state index in [1.807, 2.05) is 45.0 Å². The first-order chi connectivity index (χ1) is 13.0. The van der Waals surface area contributed by atoms with Gasteiger partial charge in [-0.3, -0.25) is 14.5 Å². The Labute approximate surface area is 160 Å². The van der Waals surface area contributed by atoms with Crippen molar-refractivity contribution >= 4 is 23.1 Å². The van der Waals surface area contributed by atoms with E-state index in [1.54, 1.807) is 12.1 Å². The molecule has 1 aromatic carbocycles. The number of amides is 2. The average molecular weight is 370 g/mol. The normalized spacial score (nSPS) is 16.0. The van der Waals surface area contributed by atoms with Crippen LogP contribution in [-0.2, 0) is 9.53 Å². The number of carbonyl (C=O) groups excluding carboxylic acids is 2. The van der Waals surface area contributed by atoms with Gasteiger partial charge in [-0.2, -0.15) is 0 Å². The summed E-state index contributed by atoms with van der Waals surface area (Å²) in [5.74, 6) is 0.768. The number of likely N-dealkylation sites (N-methyl/N-ethyl adjacent to an activating group) is 1. The van der Waals surface area contributed by atoms with Gasteiger partial charge in [0.15, 0.2) is 0 Å². The first-order valence-corrected chi connectivity index (χ1v) is 9.34. The molecular weight excluding hydrogens is 344 g/mol. The summed E-state index contributed by atoms with van der Waals surface area (Å²) in [6, 6.07) is 3.55. The van der Waals surface area contributed by atoms with E-state index in [-0.39, 0.29) is 11.8 Å². The standard InChI is InChI=1S/C21H26N2O4/c1-5-26-16-9-7-8-14-18-15(10-11-17(19(16)18)27-6-2)21(25)23(20(14)24)13-12-22(3)4/h8-11H,5-7,12-13H2,1-4H3. The molecule has 0 radical (unpaired) electrons. The second-order valence-corrected chi connectivity index (χ2v) is 6.71. The van der Waals surface area contributed by atoms with Crippen molar-refractivity contribution < 1.29 is 19.1 Å². The largest absolute Gasteiger partial charge is 0.493 e. The fraction of sp³-hybridized carbons (Fsp3) is 0.429. The summed E-state index contributed by atoms with van der Waals surface area (Å²) in [4.78, 5) is 29.5. The highest BCUT2D eigenvalue weighted by molar-refractivity contribution is 6.32. The Balaban J connectivity index is 2.17. The highest BCUT2D eigenvalue weighted by Gasteiger charge is 2.38. The second-order valence-electron chi connectivity index (χ2n) is 6.71. The van der Waals surface area contributed by atoms with Crippen molar-refractivity contribution in [3.05, 3.63) is 41.0 Å². The molecule has 0 saturated carbocycles. The number of hydrogen-bond acceptors (Lipinski definition) is 5. The summed E-state index contributed by atoms with van der Waals surface area (Å²) >= 11 is 0. The minimum Gasteiger partial charge on any atom is -0.493 e. The lowest BCUT2D eigenvalue weighted by molar-refractivity contribution is -0.123. The predicted molar refractivity (Wildman–Crippen MR) is 104 cm³/mol. The maximum absolute atomic E-state index is 13.1. The molecule has 1 aliphatic carbocycles. The van der Waals surface area contributed by atoms with E-state index in [0.717, 1.165) is 0 Å². The van der Waals surface area contributed by atoms with Gasteiger partial charge >= 0.3 is 0 Å². The van der Waals surface area contributed by atoms with Gasteiger partial charge in [0.1, 0.15) is 11.5 Å². The van der Waals surface area contributed by atoms with Crippen molar-refractivity contribution in [2.75, 3.05) is 40.4 Å². The number of hydrogen-bond donors (Lipinski definition) is 0. The number of benzene rings is 1. The Morgan fingerprint density at radius 2 is 1.74 bits per heavy atom. The van der Waals surface area contributed by atoms with Crippen molar-refractivity contribution in [1.82, 2.24) is 9.80 Å². The van der Waals surface area contributed by atoms with Crippen LogP contribution in [0.3, 0.4) is 0 Å². The highest BCUT2D eigenvalue weighted by Crippen LogP contribution is 2.42. The number of allylic oxidation sites excluding steroid dienone is 2. The molecule has 1 aromatic rings. The predicted octanol–water partition coefficient (Wildman–Crippen LogP) is 2.79. The molecular formula is C21H26N2O4. The van der Waals surface area contributed by atoms with Gasteiger partial charge in [-0.15, -0.1) is 0 Å². The van der Waals surface area contributed by atoms with Crippen LogP contribution in [0.5, 0.6) is 5.75 Å². The van der Waals surface area contributed by atoms with E-state index in [2.05, 4.69) is 0 Å². The van der Waals surface area contributed by atoms with Crippen molar-refractivity contribution in [2.24, 2.45) is 0 Å².